The van der Waals surface area contributed by atoms with Gasteiger partial charge in [0.25, 0.3) is 0 Å². The highest BCUT2D eigenvalue weighted by atomic mass is 19.1. The van der Waals surface area contributed by atoms with Gasteiger partial charge in [0.2, 0.25) is 0 Å². The summed E-state index contributed by atoms with van der Waals surface area (Å²) in [4.78, 5) is 24.7. The van der Waals surface area contributed by atoms with Crippen LogP contribution in [0.3, 0.4) is 0 Å². The fraction of sp³-hybridized carbons (Fsp3) is 0.375. The Kier molecular flexibility index (Phi) is 4.04. The van der Waals surface area contributed by atoms with Gasteiger partial charge < -0.3 is 14.8 Å². The van der Waals surface area contributed by atoms with Gasteiger partial charge in [0, 0.05) is 17.1 Å². The number of hydrogen-bond acceptors (Lipinski definition) is 3. The number of rotatable bonds is 5. The fourth-order valence-corrected chi connectivity index (χ4v) is 3.27. The van der Waals surface area contributed by atoms with Crippen LogP contribution in [-0.2, 0) is 16.1 Å². The molecule has 3 rings (SSSR count). The Balaban J connectivity index is 2.15. The van der Waals surface area contributed by atoms with Crippen LogP contribution in [0.1, 0.15) is 24.4 Å². The second-order valence-corrected chi connectivity index (χ2v) is 5.75. The molecule has 1 aromatic carbocycles. The Morgan fingerprint density at radius 3 is 2.52 bits per heavy atom. The van der Waals surface area contributed by atoms with Gasteiger partial charge in [-0.25, -0.2) is 4.39 Å². The minimum absolute atomic E-state index is 0.341. The normalized spacial score (nSPS) is 16.7. The molecule has 2 heterocycles. The van der Waals surface area contributed by atoms with Crippen LogP contribution in [0.15, 0.2) is 24.4 Å². The second kappa shape index (κ2) is 6.00. The van der Waals surface area contributed by atoms with Crippen molar-refractivity contribution >= 4 is 22.8 Å². The van der Waals surface area contributed by atoms with Crippen molar-refractivity contribution in [1.29, 1.82) is 0 Å². The van der Waals surface area contributed by atoms with E-state index in [1.165, 1.54) is 29.0 Å². The van der Waals surface area contributed by atoms with Crippen LogP contribution in [0.5, 0.6) is 0 Å². The lowest BCUT2D eigenvalue weighted by Crippen LogP contribution is -2.31. The number of hydrogen-bond donors (Lipinski definition) is 2. The number of likely N-dealkylation sites (tertiary alicyclic amines) is 1. The molecular formula is C16H17FN2O4. The summed E-state index contributed by atoms with van der Waals surface area (Å²) in [6.07, 6.45) is 3.40. The summed E-state index contributed by atoms with van der Waals surface area (Å²) in [5.74, 6) is -2.53. The molecule has 1 aromatic heterocycles. The minimum atomic E-state index is -1.06. The summed E-state index contributed by atoms with van der Waals surface area (Å²) in [6.45, 7) is 1.03. The van der Waals surface area contributed by atoms with Crippen LogP contribution in [-0.4, -0.2) is 44.7 Å². The van der Waals surface area contributed by atoms with E-state index in [-0.39, 0.29) is 6.54 Å². The largest absolute Gasteiger partial charge is 0.480 e. The van der Waals surface area contributed by atoms with Crippen LogP contribution in [0.2, 0.25) is 0 Å². The number of halogens is 1. The molecule has 23 heavy (non-hydrogen) atoms. The summed E-state index contributed by atoms with van der Waals surface area (Å²) < 4.78 is 14.9. The molecule has 0 spiro atoms. The molecule has 0 amide bonds. The number of benzene rings is 1. The lowest BCUT2D eigenvalue weighted by molar-refractivity contribution is -0.143. The number of aromatic nitrogens is 1. The van der Waals surface area contributed by atoms with Gasteiger partial charge >= 0.3 is 11.9 Å². The molecule has 1 unspecified atom stereocenters. The van der Waals surface area contributed by atoms with Gasteiger partial charge in [0.15, 0.2) is 0 Å². The number of fused-ring (bicyclic) bond motifs is 1. The standard InChI is InChI=1S/C16H17FN2O4/c17-10-3-4-11-12(8-19(9-14(20)21)13(11)7-10)15(16(22)23)18-5-1-2-6-18/h3-4,7-8,15H,1-2,5-6,9H2,(H,20,21)(H,22,23). The molecule has 0 bridgehead atoms. The average molecular weight is 320 g/mol. The monoisotopic (exact) mass is 320 g/mol. The topological polar surface area (TPSA) is 82.8 Å². The van der Waals surface area contributed by atoms with E-state index in [2.05, 4.69) is 0 Å². The Labute approximate surface area is 131 Å². The first-order chi connectivity index (χ1) is 11.0. The molecule has 0 aliphatic carbocycles. The Morgan fingerprint density at radius 2 is 1.91 bits per heavy atom. The number of carbonyl (C=O) groups is 2. The Morgan fingerprint density at radius 1 is 1.22 bits per heavy atom. The van der Waals surface area contributed by atoms with Crippen LogP contribution >= 0.6 is 0 Å². The lowest BCUT2D eigenvalue weighted by atomic mass is 10.0. The summed E-state index contributed by atoms with van der Waals surface area (Å²) in [5.41, 5.74) is 0.906. The lowest BCUT2D eigenvalue weighted by Gasteiger charge is -2.23. The Hall–Kier alpha value is -2.41. The molecule has 122 valence electrons. The van der Waals surface area contributed by atoms with Crippen molar-refractivity contribution in [2.45, 2.75) is 25.4 Å². The van der Waals surface area contributed by atoms with Crippen molar-refractivity contribution < 1.29 is 24.2 Å². The molecule has 2 aromatic rings. The third-order valence-electron chi connectivity index (χ3n) is 4.22. The summed E-state index contributed by atoms with van der Waals surface area (Å²) >= 11 is 0. The molecule has 1 atom stereocenters. The summed E-state index contributed by atoms with van der Waals surface area (Å²) in [6, 6.07) is 3.18. The van der Waals surface area contributed by atoms with Gasteiger partial charge in [-0.1, -0.05) is 0 Å². The smallest absolute Gasteiger partial charge is 0.325 e. The summed E-state index contributed by atoms with van der Waals surface area (Å²) in [7, 11) is 0. The van der Waals surface area contributed by atoms with Gasteiger partial charge in [-0.3, -0.25) is 14.5 Å². The van der Waals surface area contributed by atoms with Crippen molar-refractivity contribution in [1.82, 2.24) is 9.47 Å². The molecule has 7 heteroatoms. The van der Waals surface area contributed by atoms with E-state index in [4.69, 9.17) is 5.11 Å². The molecule has 0 radical (unpaired) electrons. The molecule has 1 fully saturated rings. The second-order valence-electron chi connectivity index (χ2n) is 5.75. The molecule has 1 aliphatic rings. The van der Waals surface area contributed by atoms with Gasteiger partial charge in [-0.2, -0.15) is 0 Å². The average Bonchev–Trinajstić information content (AvgIpc) is 3.08. The zero-order chi connectivity index (χ0) is 16.6. The molecule has 1 saturated heterocycles. The number of carboxylic acids is 2. The van der Waals surface area contributed by atoms with Gasteiger partial charge in [-0.05, 0) is 44.1 Å². The van der Waals surface area contributed by atoms with E-state index >= 15 is 0 Å². The zero-order valence-electron chi connectivity index (χ0n) is 12.4. The third-order valence-corrected chi connectivity index (χ3v) is 4.22. The predicted octanol–water partition coefficient (Wildman–Crippen LogP) is 2.09. The Bertz CT molecular complexity index is 765. The van der Waals surface area contributed by atoms with Crippen LogP contribution in [0, 0.1) is 5.82 Å². The predicted molar refractivity (Wildman–Crippen MR) is 80.7 cm³/mol. The number of aliphatic carboxylic acids is 2. The first kappa shape index (κ1) is 15.5. The third kappa shape index (κ3) is 2.92. The highest BCUT2D eigenvalue weighted by molar-refractivity contribution is 5.90. The SMILES string of the molecule is O=C(O)Cn1cc(C(C(=O)O)N2CCCC2)c2ccc(F)cc21. The van der Waals surface area contributed by atoms with E-state index in [1.54, 1.807) is 0 Å². The molecule has 2 N–H and O–H groups in total. The quantitative estimate of drug-likeness (QED) is 0.881. The maximum atomic E-state index is 13.5. The molecular weight excluding hydrogens is 303 g/mol. The number of nitrogens with zero attached hydrogens (tertiary/aromatic N) is 2. The maximum Gasteiger partial charge on any atom is 0.325 e. The van der Waals surface area contributed by atoms with E-state index < -0.39 is 23.8 Å². The first-order valence-electron chi connectivity index (χ1n) is 7.44. The van der Waals surface area contributed by atoms with Gasteiger partial charge in [0.05, 0.1) is 5.52 Å². The first-order valence-corrected chi connectivity index (χ1v) is 7.44. The van der Waals surface area contributed by atoms with Crippen molar-refractivity contribution in [2.75, 3.05) is 13.1 Å². The van der Waals surface area contributed by atoms with Gasteiger partial charge in [-0.15, -0.1) is 0 Å². The van der Waals surface area contributed by atoms with E-state index in [1.807, 2.05) is 4.90 Å². The van der Waals surface area contributed by atoms with Crippen molar-refractivity contribution in [2.24, 2.45) is 0 Å². The van der Waals surface area contributed by atoms with Gasteiger partial charge in [0.1, 0.15) is 18.4 Å². The molecule has 6 nitrogen and oxygen atoms in total. The zero-order valence-corrected chi connectivity index (χ0v) is 12.4. The van der Waals surface area contributed by atoms with E-state index in [0.717, 1.165) is 12.8 Å². The van der Waals surface area contributed by atoms with Crippen LogP contribution < -0.4 is 0 Å². The highest BCUT2D eigenvalue weighted by Crippen LogP contribution is 2.33. The van der Waals surface area contributed by atoms with Crippen molar-refractivity contribution in [3.05, 3.63) is 35.8 Å². The van der Waals surface area contributed by atoms with E-state index in [9.17, 15) is 19.1 Å². The molecule has 1 aliphatic heterocycles. The number of carboxylic acid groups (broad SMARTS) is 2. The fourth-order valence-electron chi connectivity index (χ4n) is 3.27. The summed E-state index contributed by atoms with van der Waals surface area (Å²) in [5, 5.41) is 19.2. The molecule has 0 saturated carbocycles. The van der Waals surface area contributed by atoms with Crippen LogP contribution in [0.4, 0.5) is 4.39 Å². The van der Waals surface area contributed by atoms with Crippen LogP contribution in [0.25, 0.3) is 10.9 Å². The van der Waals surface area contributed by atoms with Crippen molar-refractivity contribution in [3.8, 4) is 0 Å². The van der Waals surface area contributed by atoms with Crippen molar-refractivity contribution in [3.63, 3.8) is 0 Å². The van der Waals surface area contributed by atoms with E-state index in [0.29, 0.717) is 29.6 Å². The maximum absolute atomic E-state index is 13.5. The highest BCUT2D eigenvalue weighted by Gasteiger charge is 2.32. The minimum Gasteiger partial charge on any atom is -0.480 e.